The van der Waals surface area contributed by atoms with Crippen LogP contribution >= 0.6 is 0 Å². The summed E-state index contributed by atoms with van der Waals surface area (Å²) in [6.07, 6.45) is 0. The summed E-state index contributed by atoms with van der Waals surface area (Å²) >= 11 is 0. The maximum atomic E-state index is 2.46. The summed E-state index contributed by atoms with van der Waals surface area (Å²) < 4.78 is 0. The maximum Gasteiger partial charge on any atom is 0.0540 e. The third kappa shape index (κ3) is 6.25. The molecule has 0 heterocycles. The van der Waals surface area contributed by atoms with Crippen LogP contribution in [0, 0.1) is 0 Å². The SMILES string of the molecule is c1ccc(-c2ccc(N(c3ccc(-c4cc5ccccc5c5ccccc45)cc3)c3ccc4c(c3)c(-c3ccccc3)c(-c3ccccc3)c3ccccc34)c3ccccc23)cc1. The predicted molar refractivity (Wildman–Crippen MR) is 270 cm³/mol. The predicted octanol–water partition coefficient (Wildman–Crippen LogP) is 17.6. The van der Waals surface area contributed by atoms with Gasteiger partial charge in [0.25, 0.3) is 0 Å². The fraction of sp³-hybridized carbons (Fsp3) is 0. The molecule has 0 bridgehead atoms. The molecule has 0 spiro atoms. The molecular weight excluding hydrogens is 759 g/mol. The van der Waals surface area contributed by atoms with E-state index in [0.29, 0.717) is 0 Å². The van der Waals surface area contributed by atoms with Crippen LogP contribution in [0.4, 0.5) is 17.1 Å². The first-order valence-electron chi connectivity index (χ1n) is 21.8. The normalized spacial score (nSPS) is 11.5. The van der Waals surface area contributed by atoms with Gasteiger partial charge in [-0.1, -0.05) is 212 Å². The van der Waals surface area contributed by atoms with Gasteiger partial charge in [-0.05, 0) is 129 Å². The molecule has 63 heavy (non-hydrogen) atoms. The first kappa shape index (κ1) is 36.6. The Hall–Kier alpha value is -8.26. The molecule has 1 nitrogen and oxygen atoms in total. The van der Waals surface area contributed by atoms with E-state index in [1.54, 1.807) is 0 Å². The Morgan fingerprint density at radius 3 is 1.32 bits per heavy atom. The number of benzene rings is 12. The monoisotopic (exact) mass is 799 g/mol. The van der Waals surface area contributed by atoms with E-state index in [9.17, 15) is 0 Å². The van der Waals surface area contributed by atoms with Gasteiger partial charge in [0.2, 0.25) is 0 Å². The average Bonchev–Trinajstić information content (AvgIpc) is 3.37. The van der Waals surface area contributed by atoms with E-state index in [1.165, 1.54) is 98.4 Å². The molecule has 0 saturated heterocycles. The number of hydrogen-bond acceptors (Lipinski definition) is 1. The largest absolute Gasteiger partial charge is 0.310 e. The van der Waals surface area contributed by atoms with Crippen molar-refractivity contribution in [1.82, 2.24) is 0 Å². The first-order chi connectivity index (χ1) is 31.3. The second kappa shape index (κ2) is 15.3. The zero-order valence-corrected chi connectivity index (χ0v) is 34.6. The van der Waals surface area contributed by atoms with Crippen molar-refractivity contribution in [2.24, 2.45) is 0 Å². The summed E-state index contributed by atoms with van der Waals surface area (Å²) in [7, 11) is 0. The molecule has 0 N–H and O–H groups in total. The summed E-state index contributed by atoms with van der Waals surface area (Å²) in [5.41, 5.74) is 13.0. The molecule has 12 rings (SSSR count). The van der Waals surface area contributed by atoms with Crippen molar-refractivity contribution in [3.05, 3.63) is 249 Å². The van der Waals surface area contributed by atoms with Crippen molar-refractivity contribution >= 4 is 70.9 Å². The summed E-state index contributed by atoms with van der Waals surface area (Å²) in [5, 5.41) is 12.4. The lowest BCUT2D eigenvalue weighted by Crippen LogP contribution is -2.11. The van der Waals surface area contributed by atoms with Gasteiger partial charge in [0.05, 0.1) is 5.69 Å². The lowest BCUT2D eigenvalue weighted by molar-refractivity contribution is 1.30. The summed E-state index contributed by atoms with van der Waals surface area (Å²) in [4.78, 5) is 2.46. The van der Waals surface area contributed by atoms with Gasteiger partial charge in [-0.15, -0.1) is 0 Å². The molecule has 0 amide bonds. The quantitative estimate of drug-likeness (QED) is 0.145. The van der Waals surface area contributed by atoms with Gasteiger partial charge in [-0.2, -0.15) is 0 Å². The highest BCUT2D eigenvalue weighted by atomic mass is 15.1. The maximum absolute atomic E-state index is 2.46. The Morgan fingerprint density at radius 2 is 0.667 bits per heavy atom. The highest BCUT2D eigenvalue weighted by Crippen LogP contribution is 2.48. The van der Waals surface area contributed by atoms with E-state index in [1.807, 2.05) is 0 Å². The number of rotatable bonds is 7. The van der Waals surface area contributed by atoms with Gasteiger partial charge < -0.3 is 4.90 Å². The lowest BCUT2D eigenvalue weighted by Gasteiger charge is -2.29. The smallest absolute Gasteiger partial charge is 0.0540 e. The molecule has 0 aliphatic carbocycles. The molecule has 0 atom stereocenters. The zero-order valence-electron chi connectivity index (χ0n) is 34.6. The van der Waals surface area contributed by atoms with Crippen LogP contribution in [0.15, 0.2) is 249 Å². The van der Waals surface area contributed by atoms with Crippen LogP contribution in [0.25, 0.3) is 98.4 Å². The molecule has 0 aromatic heterocycles. The Bertz CT molecular complexity index is 3650. The topological polar surface area (TPSA) is 3.24 Å². The van der Waals surface area contributed by atoms with E-state index in [4.69, 9.17) is 0 Å². The van der Waals surface area contributed by atoms with Gasteiger partial charge >= 0.3 is 0 Å². The summed E-state index contributed by atoms with van der Waals surface area (Å²) in [6, 6.07) is 91.1. The van der Waals surface area contributed by atoms with Crippen molar-refractivity contribution < 1.29 is 0 Å². The number of anilines is 3. The highest BCUT2D eigenvalue weighted by Gasteiger charge is 2.22. The van der Waals surface area contributed by atoms with E-state index >= 15 is 0 Å². The van der Waals surface area contributed by atoms with E-state index in [2.05, 4.69) is 254 Å². The van der Waals surface area contributed by atoms with Gasteiger partial charge in [-0.25, -0.2) is 0 Å². The van der Waals surface area contributed by atoms with Crippen LogP contribution in [0.2, 0.25) is 0 Å². The van der Waals surface area contributed by atoms with Crippen LogP contribution in [0.1, 0.15) is 0 Å². The van der Waals surface area contributed by atoms with Gasteiger partial charge in [0.1, 0.15) is 0 Å². The molecule has 0 aliphatic heterocycles. The van der Waals surface area contributed by atoms with Crippen LogP contribution in [-0.2, 0) is 0 Å². The second-order valence-corrected chi connectivity index (χ2v) is 16.4. The summed E-state index contributed by atoms with van der Waals surface area (Å²) in [5.74, 6) is 0. The van der Waals surface area contributed by atoms with E-state index in [-0.39, 0.29) is 0 Å². The van der Waals surface area contributed by atoms with Crippen molar-refractivity contribution in [1.29, 1.82) is 0 Å². The minimum absolute atomic E-state index is 1.09. The molecule has 0 aliphatic rings. The third-order valence-corrected chi connectivity index (χ3v) is 12.8. The van der Waals surface area contributed by atoms with E-state index < -0.39 is 0 Å². The van der Waals surface area contributed by atoms with Gasteiger partial charge in [0.15, 0.2) is 0 Å². The fourth-order valence-corrected chi connectivity index (χ4v) is 9.99. The minimum Gasteiger partial charge on any atom is -0.310 e. The molecule has 0 unspecified atom stereocenters. The first-order valence-corrected chi connectivity index (χ1v) is 21.8. The molecule has 12 aromatic rings. The molecule has 0 radical (unpaired) electrons. The van der Waals surface area contributed by atoms with Crippen LogP contribution in [-0.4, -0.2) is 0 Å². The fourth-order valence-electron chi connectivity index (χ4n) is 9.99. The van der Waals surface area contributed by atoms with Crippen LogP contribution in [0.5, 0.6) is 0 Å². The Morgan fingerprint density at radius 1 is 0.222 bits per heavy atom. The Balaban J connectivity index is 1.12. The molecule has 294 valence electrons. The average molecular weight is 800 g/mol. The standard InChI is InChI=1S/C62H41N/c1-4-18-42(19-5-1)50-38-39-60(56-30-16-14-27-52(50)56)63(47-34-32-43(33-35-47)58-40-46-24-10-11-25-49(46)51-26-12-13-29-54(51)58)48-36-37-55-53-28-15-17-31-57(53)61(44-20-6-2-7-21-44)62(59(55)41-48)45-22-8-3-9-23-45/h1-41H. The van der Waals surface area contributed by atoms with E-state index in [0.717, 1.165) is 17.1 Å². The lowest BCUT2D eigenvalue weighted by atomic mass is 9.85. The Kier molecular flexibility index (Phi) is 8.90. The van der Waals surface area contributed by atoms with Gasteiger partial charge in [0, 0.05) is 16.8 Å². The van der Waals surface area contributed by atoms with Gasteiger partial charge in [-0.3, -0.25) is 0 Å². The molecular formula is C62H41N. The number of hydrogen-bond donors (Lipinski definition) is 0. The number of nitrogens with zero attached hydrogens (tertiary/aromatic N) is 1. The van der Waals surface area contributed by atoms with Crippen molar-refractivity contribution in [2.75, 3.05) is 4.90 Å². The van der Waals surface area contributed by atoms with Crippen LogP contribution in [0.3, 0.4) is 0 Å². The second-order valence-electron chi connectivity index (χ2n) is 16.4. The van der Waals surface area contributed by atoms with Crippen LogP contribution < -0.4 is 4.90 Å². The Labute approximate surface area is 367 Å². The van der Waals surface area contributed by atoms with Crippen molar-refractivity contribution in [3.63, 3.8) is 0 Å². The molecule has 1 heteroatoms. The molecule has 0 fully saturated rings. The molecule has 0 saturated carbocycles. The van der Waals surface area contributed by atoms with Crippen molar-refractivity contribution in [2.45, 2.75) is 0 Å². The minimum atomic E-state index is 1.09. The zero-order chi connectivity index (χ0) is 41.7. The number of fused-ring (bicyclic) bond motifs is 7. The summed E-state index contributed by atoms with van der Waals surface area (Å²) in [6.45, 7) is 0. The highest BCUT2D eigenvalue weighted by molar-refractivity contribution is 6.22. The van der Waals surface area contributed by atoms with Crippen molar-refractivity contribution in [3.8, 4) is 44.5 Å². The molecule has 12 aromatic carbocycles. The third-order valence-electron chi connectivity index (χ3n) is 12.8.